The summed E-state index contributed by atoms with van der Waals surface area (Å²) in [7, 11) is 0. The molecule has 0 saturated heterocycles. The van der Waals surface area contributed by atoms with Crippen LogP contribution in [0.1, 0.15) is 29.0 Å². The topological polar surface area (TPSA) is 118 Å². The van der Waals surface area contributed by atoms with Gasteiger partial charge in [-0.05, 0) is 24.1 Å². The van der Waals surface area contributed by atoms with Gasteiger partial charge >= 0.3 is 5.97 Å². The van der Waals surface area contributed by atoms with E-state index in [-0.39, 0.29) is 22.6 Å². The van der Waals surface area contributed by atoms with E-state index in [4.69, 9.17) is 5.11 Å². The van der Waals surface area contributed by atoms with Crippen LogP contribution in [0.25, 0.3) is 0 Å². The number of hydrogen-bond acceptors (Lipinski definition) is 5. The van der Waals surface area contributed by atoms with Gasteiger partial charge in [0.2, 0.25) is 0 Å². The maximum atomic E-state index is 11.3. The largest absolute Gasteiger partial charge is 0.479 e. The van der Waals surface area contributed by atoms with Crippen LogP contribution in [0.15, 0.2) is 18.2 Å². The number of benzene rings is 1. The maximum absolute atomic E-state index is 11.3. The van der Waals surface area contributed by atoms with Crippen molar-refractivity contribution in [1.29, 1.82) is 0 Å². The zero-order valence-corrected chi connectivity index (χ0v) is 11.3. The predicted molar refractivity (Wildman–Crippen MR) is 68.0 cm³/mol. The van der Waals surface area contributed by atoms with Crippen molar-refractivity contribution in [1.82, 2.24) is 0 Å². The molecule has 2 N–H and O–H groups in total. The van der Waals surface area contributed by atoms with E-state index in [2.05, 4.69) is 15.9 Å². The summed E-state index contributed by atoms with van der Waals surface area (Å²) in [5, 5.41) is 29.0. The number of nitrogens with zero attached hydrogens (tertiary/aromatic N) is 1. The van der Waals surface area contributed by atoms with E-state index < -0.39 is 21.8 Å². The fraction of sp³-hybridized carbons (Fsp3) is 0.273. The second kappa shape index (κ2) is 5.89. The predicted octanol–water partition coefficient (Wildman–Crippen LogP) is 1.74. The number of carboxylic acids is 1. The first-order chi connectivity index (χ1) is 8.75. The molecule has 1 aromatic rings. The molecule has 0 amide bonds. The second-order valence-electron chi connectivity index (χ2n) is 3.78. The van der Waals surface area contributed by atoms with Gasteiger partial charge in [0.05, 0.1) is 9.75 Å². The normalized spacial score (nSPS) is 13.6. The molecule has 0 bridgehead atoms. The Hall–Kier alpha value is -1.80. The van der Waals surface area contributed by atoms with Gasteiger partial charge in [-0.1, -0.05) is 15.9 Å². The van der Waals surface area contributed by atoms with Gasteiger partial charge in [-0.15, -0.1) is 0 Å². The van der Waals surface area contributed by atoms with E-state index in [1.807, 2.05) is 0 Å². The number of non-ortho nitro benzene ring substituents is 1. The van der Waals surface area contributed by atoms with Crippen LogP contribution < -0.4 is 0 Å². The van der Waals surface area contributed by atoms with Crippen molar-refractivity contribution in [2.75, 3.05) is 0 Å². The van der Waals surface area contributed by atoms with Crippen LogP contribution in [0, 0.1) is 10.1 Å². The van der Waals surface area contributed by atoms with Crippen molar-refractivity contribution in [2.24, 2.45) is 0 Å². The second-order valence-corrected chi connectivity index (χ2v) is 4.70. The molecule has 0 aliphatic rings. The number of nitro benzene ring substituents is 1. The van der Waals surface area contributed by atoms with E-state index in [1.165, 1.54) is 6.92 Å². The lowest BCUT2D eigenvalue weighted by Gasteiger charge is -2.15. The average Bonchev–Trinajstić information content (AvgIpc) is 2.35. The summed E-state index contributed by atoms with van der Waals surface area (Å²) in [6, 6.07) is 3.27. The number of aliphatic carboxylic acids is 1. The Bertz CT molecular complexity index is 544. The van der Waals surface area contributed by atoms with E-state index in [9.17, 15) is 24.8 Å². The molecular weight excluding hydrogens is 322 g/mol. The van der Waals surface area contributed by atoms with Gasteiger partial charge in [-0.3, -0.25) is 14.9 Å². The fourth-order valence-electron chi connectivity index (χ4n) is 1.50. The SMILES string of the molecule is CC(=O)C(Br)c1cc([N+](=O)[O-])ccc1C(O)C(=O)O. The molecule has 0 radical (unpaired) electrons. The molecule has 8 heteroatoms. The van der Waals surface area contributed by atoms with Gasteiger partial charge < -0.3 is 10.2 Å². The number of ketones is 1. The number of hydrogen-bond donors (Lipinski definition) is 2. The number of carbonyl (C=O) groups is 2. The van der Waals surface area contributed by atoms with Crippen molar-refractivity contribution in [2.45, 2.75) is 17.9 Å². The molecule has 2 unspecified atom stereocenters. The number of rotatable bonds is 5. The number of carboxylic acid groups (broad SMARTS) is 1. The van der Waals surface area contributed by atoms with Crippen LogP contribution in [0.5, 0.6) is 0 Å². The fourth-order valence-corrected chi connectivity index (χ4v) is 1.89. The first-order valence-electron chi connectivity index (χ1n) is 5.09. The Kier molecular flexibility index (Phi) is 4.73. The van der Waals surface area contributed by atoms with Gasteiger partial charge in [0.25, 0.3) is 5.69 Å². The van der Waals surface area contributed by atoms with Gasteiger partial charge in [-0.2, -0.15) is 0 Å². The molecule has 0 spiro atoms. The van der Waals surface area contributed by atoms with Crippen molar-refractivity contribution in [3.63, 3.8) is 0 Å². The monoisotopic (exact) mass is 331 g/mol. The lowest BCUT2D eigenvalue weighted by Crippen LogP contribution is -2.15. The molecule has 0 fully saturated rings. The van der Waals surface area contributed by atoms with E-state index in [0.717, 1.165) is 18.2 Å². The zero-order valence-electron chi connectivity index (χ0n) is 9.74. The average molecular weight is 332 g/mol. The highest BCUT2D eigenvalue weighted by Gasteiger charge is 2.26. The highest BCUT2D eigenvalue weighted by molar-refractivity contribution is 9.09. The standard InChI is InChI=1S/C11H10BrNO6/c1-5(14)9(12)8-4-6(13(18)19)2-3-7(8)10(15)11(16)17/h2-4,9-10,15H,1H3,(H,16,17). The van der Waals surface area contributed by atoms with Gasteiger partial charge in [0.1, 0.15) is 5.78 Å². The quantitative estimate of drug-likeness (QED) is 0.482. The highest BCUT2D eigenvalue weighted by Crippen LogP contribution is 2.33. The molecule has 0 aliphatic carbocycles. The van der Waals surface area contributed by atoms with Crippen LogP contribution in [0.4, 0.5) is 5.69 Å². The first-order valence-corrected chi connectivity index (χ1v) is 6.01. The van der Waals surface area contributed by atoms with Crippen molar-refractivity contribution in [3.8, 4) is 0 Å². The van der Waals surface area contributed by atoms with Gasteiger partial charge in [0, 0.05) is 12.1 Å². The third-order valence-electron chi connectivity index (χ3n) is 2.44. The van der Waals surface area contributed by atoms with Crippen molar-refractivity contribution < 1.29 is 24.7 Å². The summed E-state index contributed by atoms with van der Waals surface area (Å²) in [4.78, 5) is 31.2. The number of nitro groups is 1. The van der Waals surface area contributed by atoms with Crippen LogP contribution in [0.3, 0.4) is 0 Å². The van der Waals surface area contributed by atoms with Crippen molar-refractivity contribution in [3.05, 3.63) is 39.4 Å². The zero-order chi connectivity index (χ0) is 14.7. The van der Waals surface area contributed by atoms with Crippen LogP contribution in [-0.4, -0.2) is 26.9 Å². The minimum Gasteiger partial charge on any atom is -0.479 e. The summed E-state index contributed by atoms with van der Waals surface area (Å²) < 4.78 is 0. The lowest BCUT2D eigenvalue weighted by atomic mass is 9.97. The Balaban J connectivity index is 3.42. The molecule has 7 nitrogen and oxygen atoms in total. The van der Waals surface area contributed by atoms with E-state index in [1.54, 1.807) is 0 Å². The molecule has 1 rings (SSSR count). The van der Waals surface area contributed by atoms with Crippen molar-refractivity contribution >= 4 is 33.4 Å². The van der Waals surface area contributed by atoms with E-state index >= 15 is 0 Å². The van der Waals surface area contributed by atoms with E-state index in [0.29, 0.717) is 0 Å². The Labute approximate surface area is 116 Å². The third-order valence-corrected chi connectivity index (χ3v) is 3.58. The minimum atomic E-state index is -1.85. The molecule has 19 heavy (non-hydrogen) atoms. The Morgan fingerprint density at radius 3 is 2.37 bits per heavy atom. The number of aliphatic hydroxyl groups excluding tert-OH is 1. The number of carbonyl (C=O) groups excluding carboxylic acids is 1. The summed E-state index contributed by atoms with van der Waals surface area (Å²) in [5.74, 6) is -1.86. The summed E-state index contributed by atoms with van der Waals surface area (Å²) in [5.41, 5.74) is -0.284. The molecule has 2 atom stereocenters. The maximum Gasteiger partial charge on any atom is 0.337 e. The Morgan fingerprint density at radius 2 is 1.95 bits per heavy atom. The molecule has 102 valence electrons. The number of alkyl halides is 1. The molecule has 1 aromatic carbocycles. The van der Waals surface area contributed by atoms with Crippen LogP contribution in [0.2, 0.25) is 0 Å². The first kappa shape index (κ1) is 15.3. The summed E-state index contributed by atoms with van der Waals surface area (Å²) >= 11 is 3.03. The van der Waals surface area contributed by atoms with Gasteiger partial charge in [-0.25, -0.2) is 4.79 Å². The smallest absolute Gasteiger partial charge is 0.337 e. The molecular formula is C11H10BrNO6. The highest BCUT2D eigenvalue weighted by atomic mass is 79.9. The summed E-state index contributed by atoms with van der Waals surface area (Å²) in [6.45, 7) is 1.25. The number of Topliss-reactive ketones (excluding diaryl/α,β-unsaturated/α-hetero) is 1. The molecule has 0 aromatic heterocycles. The minimum absolute atomic E-state index is 0.0600. The molecule has 0 saturated carbocycles. The van der Waals surface area contributed by atoms with Crippen LogP contribution >= 0.6 is 15.9 Å². The molecule has 0 heterocycles. The lowest BCUT2D eigenvalue weighted by molar-refractivity contribution is -0.384. The third kappa shape index (κ3) is 3.36. The number of halogens is 1. The van der Waals surface area contributed by atoms with Crippen LogP contribution in [-0.2, 0) is 9.59 Å². The number of aliphatic hydroxyl groups is 1. The van der Waals surface area contributed by atoms with Gasteiger partial charge in [0.15, 0.2) is 6.10 Å². The summed E-state index contributed by atoms with van der Waals surface area (Å²) in [6.07, 6.45) is -1.85. The Morgan fingerprint density at radius 1 is 1.37 bits per heavy atom. The molecule has 0 aliphatic heterocycles.